The number of nitrogens with zero attached hydrogens (tertiary/aromatic N) is 1. The summed E-state index contributed by atoms with van der Waals surface area (Å²) in [6, 6.07) is 9.27. The van der Waals surface area contributed by atoms with Gasteiger partial charge in [0.05, 0.1) is 5.69 Å². The second-order valence-corrected chi connectivity index (χ2v) is 4.64. The minimum Gasteiger partial charge on any atom is -0.256 e. The summed E-state index contributed by atoms with van der Waals surface area (Å²) < 4.78 is 14.0. The number of unbranched alkanes of at least 4 members (excludes halogenated alkanes) is 1. The molecule has 0 atom stereocenters. The summed E-state index contributed by atoms with van der Waals surface area (Å²) in [6.45, 7) is 4.11. The first-order valence-corrected chi connectivity index (χ1v) is 6.42. The standard InChI is InChI=1S/C16H18FN/c1-3-4-5-13-7-8-14(15(17)10-13)16-9-6-12(2)11-18-16/h6-11H,3-5H2,1-2H3. The molecule has 94 valence electrons. The molecule has 0 aliphatic heterocycles. The zero-order valence-electron chi connectivity index (χ0n) is 10.9. The van der Waals surface area contributed by atoms with Crippen LogP contribution in [0.2, 0.25) is 0 Å². The molecule has 2 heteroatoms. The van der Waals surface area contributed by atoms with Crippen LogP contribution in [0.3, 0.4) is 0 Å². The van der Waals surface area contributed by atoms with Gasteiger partial charge in [-0.3, -0.25) is 4.98 Å². The third-order valence-electron chi connectivity index (χ3n) is 3.04. The monoisotopic (exact) mass is 243 g/mol. The molecule has 0 spiro atoms. The second kappa shape index (κ2) is 5.76. The molecule has 2 aromatic rings. The molecule has 0 aliphatic carbocycles. The van der Waals surface area contributed by atoms with E-state index in [1.807, 2.05) is 31.2 Å². The number of aryl methyl sites for hydroxylation is 2. The lowest BCUT2D eigenvalue weighted by Crippen LogP contribution is -1.92. The maximum Gasteiger partial charge on any atom is 0.132 e. The molecule has 1 aromatic heterocycles. The molecule has 2 rings (SSSR count). The summed E-state index contributed by atoms with van der Waals surface area (Å²) >= 11 is 0. The first-order chi connectivity index (χ1) is 8.70. The number of aromatic nitrogens is 1. The van der Waals surface area contributed by atoms with Crippen molar-refractivity contribution < 1.29 is 4.39 Å². The van der Waals surface area contributed by atoms with E-state index in [9.17, 15) is 4.39 Å². The fraction of sp³-hybridized carbons (Fsp3) is 0.312. The van der Waals surface area contributed by atoms with Gasteiger partial charge in [-0.15, -0.1) is 0 Å². The van der Waals surface area contributed by atoms with Crippen LogP contribution in [0.15, 0.2) is 36.5 Å². The molecule has 0 bridgehead atoms. The smallest absolute Gasteiger partial charge is 0.132 e. The predicted octanol–water partition coefficient (Wildman–Crippen LogP) is 4.54. The van der Waals surface area contributed by atoms with E-state index in [0.717, 1.165) is 30.4 Å². The van der Waals surface area contributed by atoms with Crippen LogP contribution in [0.25, 0.3) is 11.3 Å². The highest BCUT2D eigenvalue weighted by Gasteiger charge is 2.07. The third-order valence-corrected chi connectivity index (χ3v) is 3.04. The van der Waals surface area contributed by atoms with Crippen molar-refractivity contribution in [3.8, 4) is 11.3 Å². The van der Waals surface area contributed by atoms with Gasteiger partial charge in [-0.05, 0) is 49.1 Å². The van der Waals surface area contributed by atoms with Crippen LogP contribution < -0.4 is 0 Å². The van der Waals surface area contributed by atoms with Crippen LogP contribution in [0.5, 0.6) is 0 Å². The van der Waals surface area contributed by atoms with E-state index in [-0.39, 0.29) is 5.82 Å². The van der Waals surface area contributed by atoms with E-state index >= 15 is 0 Å². The summed E-state index contributed by atoms with van der Waals surface area (Å²) in [4.78, 5) is 4.26. The molecule has 0 aliphatic rings. The summed E-state index contributed by atoms with van der Waals surface area (Å²) in [5.41, 5.74) is 3.42. The first kappa shape index (κ1) is 12.7. The molecule has 1 nitrogen and oxygen atoms in total. The van der Waals surface area contributed by atoms with Gasteiger partial charge >= 0.3 is 0 Å². The van der Waals surface area contributed by atoms with E-state index in [0.29, 0.717) is 11.3 Å². The van der Waals surface area contributed by atoms with E-state index in [1.54, 1.807) is 12.3 Å². The van der Waals surface area contributed by atoms with Crippen molar-refractivity contribution in [3.05, 3.63) is 53.5 Å². The Morgan fingerprint density at radius 2 is 2.00 bits per heavy atom. The lowest BCUT2D eigenvalue weighted by atomic mass is 10.0. The number of hydrogen-bond donors (Lipinski definition) is 0. The predicted molar refractivity (Wildman–Crippen MR) is 73.0 cm³/mol. The van der Waals surface area contributed by atoms with E-state index in [4.69, 9.17) is 0 Å². The Bertz CT molecular complexity index is 517. The van der Waals surface area contributed by atoms with Gasteiger partial charge in [0.15, 0.2) is 0 Å². The van der Waals surface area contributed by atoms with E-state index in [2.05, 4.69) is 11.9 Å². The van der Waals surface area contributed by atoms with Gasteiger partial charge in [0.2, 0.25) is 0 Å². The highest BCUT2D eigenvalue weighted by molar-refractivity contribution is 5.60. The van der Waals surface area contributed by atoms with Gasteiger partial charge < -0.3 is 0 Å². The maximum absolute atomic E-state index is 14.0. The van der Waals surface area contributed by atoms with Crippen LogP contribution in [0.1, 0.15) is 30.9 Å². The SMILES string of the molecule is CCCCc1ccc(-c2ccc(C)cn2)c(F)c1. The topological polar surface area (TPSA) is 12.9 Å². The van der Waals surface area contributed by atoms with Gasteiger partial charge in [0.25, 0.3) is 0 Å². The number of hydrogen-bond acceptors (Lipinski definition) is 1. The Kier molecular flexibility index (Phi) is 4.08. The molecule has 1 heterocycles. The Balaban J connectivity index is 2.26. The van der Waals surface area contributed by atoms with Crippen LogP contribution in [-0.4, -0.2) is 4.98 Å². The molecule has 0 saturated carbocycles. The molecule has 18 heavy (non-hydrogen) atoms. The lowest BCUT2D eigenvalue weighted by molar-refractivity contribution is 0.627. The Labute approximate surface area is 108 Å². The van der Waals surface area contributed by atoms with Crippen LogP contribution in [-0.2, 0) is 6.42 Å². The average Bonchev–Trinajstić information content (AvgIpc) is 2.38. The second-order valence-electron chi connectivity index (χ2n) is 4.64. The fourth-order valence-corrected chi connectivity index (χ4v) is 1.93. The Hall–Kier alpha value is -1.70. The number of rotatable bonds is 4. The van der Waals surface area contributed by atoms with Gasteiger partial charge in [0.1, 0.15) is 5.82 Å². The van der Waals surface area contributed by atoms with E-state index in [1.165, 1.54) is 0 Å². The minimum atomic E-state index is -0.181. The highest BCUT2D eigenvalue weighted by atomic mass is 19.1. The van der Waals surface area contributed by atoms with Gasteiger partial charge in [0, 0.05) is 11.8 Å². The highest BCUT2D eigenvalue weighted by Crippen LogP contribution is 2.22. The number of benzene rings is 1. The largest absolute Gasteiger partial charge is 0.256 e. The molecule has 1 aromatic carbocycles. The molecule has 0 radical (unpaired) electrons. The van der Waals surface area contributed by atoms with Crippen LogP contribution in [0, 0.1) is 12.7 Å². The van der Waals surface area contributed by atoms with Gasteiger partial charge in [-0.2, -0.15) is 0 Å². The fourth-order valence-electron chi connectivity index (χ4n) is 1.93. The van der Waals surface area contributed by atoms with Crippen molar-refractivity contribution in [2.75, 3.05) is 0 Å². The Morgan fingerprint density at radius 1 is 1.17 bits per heavy atom. The number of halogens is 1. The van der Waals surface area contributed by atoms with Crippen molar-refractivity contribution >= 4 is 0 Å². The Morgan fingerprint density at radius 3 is 2.61 bits per heavy atom. The van der Waals surface area contributed by atoms with E-state index < -0.39 is 0 Å². The van der Waals surface area contributed by atoms with Crippen molar-refractivity contribution in [2.45, 2.75) is 33.1 Å². The maximum atomic E-state index is 14.0. The molecular weight excluding hydrogens is 225 g/mol. The molecular formula is C16H18FN. The molecule has 0 unspecified atom stereocenters. The van der Waals surface area contributed by atoms with Crippen LogP contribution >= 0.6 is 0 Å². The molecule has 0 N–H and O–H groups in total. The average molecular weight is 243 g/mol. The third kappa shape index (κ3) is 2.95. The molecule has 0 amide bonds. The van der Waals surface area contributed by atoms with Crippen molar-refractivity contribution in [1.82, 2.24) is 4.98 Å². The summed E-state index contributed by atoms with van der Waals surface area (Å²) in [5, 5.41) is 0. The van der Waals surface area contributed by atoms with Crippen LogP contribution in [0.4, 0.5) is 4.39 Å². The summed E-state index contributed by atoms with van der Waals surface area (Å²) in [6.07, 6.45) is 4.93. The first-order valence-electron chi connectivity index (χ1n) is 6.42. The lowest BCUT2D eigenvalue weighted by Gasteiger charge is -2.06. The van der Waals surface area contributed by atoms with Crippen molar-refractivity contribution in [3.63, 3.8) is 0 Å². The summed E-state index contributed by atoms with van der Waals surface area (Å²) in [5.74, 6) is -0.181. The minimum absolute atomic E-state index is 0.181. The number of pyridine rings is 1. The normalized spacial score (nSPS) is 10.6. The van der Waals surface area contributed by atoms with Gasteiger partial charge in [-0.25, -0.2) is 4.39 Å². The quantitative estimate of drug-likeness (QED) is 0.768. The van der Waals surface area contributed by atoms with Crippen molar-refractivity contribution in [2.24, 2.45) is 0 Å². The van der Waals surface area contributed by atoms with Crippen molar-refractivity contribution in [1.29, 1.82) is 0 Å². The van der Waals surface area contributed by atoms with Gasteiger partial charge in [-0.1, -0.05) is 25.5 Å². The zero-order valence-corrected chi connectivity index (χ0v) is 10.9. The molecule has 0 fully saturated rings. The zero-order chi connectivity index (χ0) is 13.0. The molecule has 0 saturated heterocycles. The summed E-state index contributed by atoms with van der Waals surface area (Å²) in [7, 11) is 0.